The van der Waals surface area contributed by atoms with Crippen LogP contribution >= 0.6 is 11.3 Å². The largest absolute Gasteiger partial charge is 0.342 e. The molecule has 5 heteroatoms. The number of nitrogens with zero attached hydrogens (tertiary/aromatic N) is 2. The summed E-state index contributed by atoms with van der Waals surface area (Å²) in [7, 11) is 0. The van der Waals surface area contributed by atoms with Gasteiger partial charge in [-0.3, -0.25) is 9.59 Å². The van der Waals surface area contributed by atoms with Gasteiger partial charge in [-0.15, -0.1) is 11.3 Å². The second kappa shape index (κ2) is 7.90. The van der Waals surface area contributed by atoms with Crippen molar-refractivity contribution in [1.29, 1.82) is 0 Å². The number of hydrogen-bond acceptors (Lipinski definition) is 3. The minimum Gasteiger partial charge on any atom is -0.342 e. The van der Waals surface area contributed by atoms with Crippen molar-refractivity contribution in [3.63, 3.8) is 0 Å². The Morgan fingerprint density at radius 3 is 2.52 bits per heavy atom. The molecule has 1 aromatic heterocycles. The zero-order chi connectivity index (χ0) is 18.0. The van der Waals surface area contributed by atoms with Gasteiger partial charge >= 0.3 is 0 Å². The first-order valence-electron chi connectivity index (χ1n) is 9.73. The summed E-state index contributed by atoms with van der Waals surface area (Å²) in [4.78, 5) is 31.5. The second-order valence-corrected chi connectivity index (χ2v) is 8.62. The van der Waals surface area contributed by atoms with E-state index >= 15 is 0 Å². The van der Waals surface area contributed by atoms with Gasteiger partial charge in [-0.1, -0.05) is 6.92 Å². The van der Waals surface area contributed by atoms with Gasteiger partial charge in [0, 0.05) is 37.0 Å². The predicted octanol–water partition coefficient (Wildman–Crippen LogP) is 3.59. The lowest BCUT2D eigenvalue weighted by molar-refractivity contribution is -0.137. The predicted molar refractivity (Wildman–Crippen MR) is 102 cm³/mol. The van der Waals surface area contributed by atoms with Crippen molar-refractivity contribution in [2.24, 2.45) is 11.8 Å². The van der Waals surface area contributed by atoms with Crippen LogP contribution in [-0.4, -0.2) is 47.8 Å². The Morgan fingerprint density at radius 1 is 1.20 bits per heavy atom. The Hall–Kier alpha value is -1.36. The average Bonchev–Trinajstić information content (AvgIpc) is 3.06. The molecule has 0 radical (unpaired) electrons. The molecule has 0 N–H and O–H groups in total. The zero-order valence-corrected chi connectivity index (χ0v) is 16.5. The van der Waals surface area contributed by atoms with Gasteiger partial charge in [0.1, 0.15) is 0 Å². The molecule has 0 aromatic carbocycles. The van der Waals surface area contributed by atoms with E-state index in [0.29, 0.717) is 5.91 Å². The third kappa shape index (κ3) is 3.91. The van der Waals surface area contributed by atoms with Crippen molar-refractivity contribution in [3.05, 3.63) is 21.4 Å². The van der Waals surface area contributed by atoms with Gasteiger partial charge in [0.15, 0.2) is 0 Å². The number of carbonyl (C=O) groups is 2. The molecule has 1 fully saturated rings. The Bertz CT molecular complexity index is 628. The van der Waals surface area contributed by atoms with E-state index in [9.17, 15) is 9.59 Å². The molecule has 0 unspecified atom stereocenters. The normalized spacial score (nSPS) is 21.1. The van der Waals surface area contributed by atoms with Gasteiger partial charge in [-0.2, -0.15) is 0 Å². The third-order valence-electron chi connectivity index (χ3n) is 5.79. The Labute approximate surface area is 155 Å². The van der Waals surface area contributed by atoms with Crippen LogP contribution in [0.5, 0.6) is 0 Å². The van der Waals surface area contributed by atoms with Crippen LogP contribution in [0.4, 0.5) is 0 Å². The second-order valence-electron chi connectivity index (χ2n) is 7.48. The molecule has 1 atom stereocenters. The minimum absolute atomic E-state index is 0.104. The highest BCUT2D eigenvalue weighted by Crippen LogP contribution is 2.34. The number of fused-ring (bicyclic) bond motifs is 1. The van der Waals surface area contributed by atoms with E-state index in [1.807, 2.05) is 18.7 Å². The number of hydrogen-bond donors (Lipinski definition) is 0. The molecule has 0 bridgehead atoms. The number of thiophene rings is 1. The fourth-order valence-corrected chi connectivity index (χ4v) is 5.17. The van der Waals surface area contributed by atoms with Gasteiger partial charge in [-0.05, 0) is 63.5 Å². The molecule has 1 aliphatic heterocycles. The van der Waals surface area contributed by atoms with Gasteiger partial charge in [0.2, 0.25) is 5.91 Å². The Kier molecular flexibility index (Phi) is 5.82. The van der Waals surface area contributed by atoms with E-state index in [2.05, 4.69) is 17.9 Å². The number of rotatable bonds is 4. The quantitative estimate of drug-likeness (QED) is 0.821. The Balaban J connectivity index is 1.67. The highest BCUT2D eigenvalue weighted by atomic mass is 32.1. The molecule has 25 heavy (non-hydrogen) atoms. The monoisotopic (exact) mass is 362 g/mol. The van der Waals surface area contributed by atoms with Gasteiger partial charge in [0.05, 0.1) is 4.88 Å². The van der Waals surface area contributed by atoms with E-state index in [1.165, 1.54) is 10.4 Å². The molecule has 0 spiro atoms. The molecule has 2 aliphatic rings. The number of carbonyl (C=O) groups excluding carboxylic acids is 2. The SMILES string of the molecule is CCN(CC)C(=O)c1cc2c(s1)CC[C@@H](C(=O)N1CCC(C)CC1)C2. The first-order chi connectivity index (χ1) is 12.0. The summed E-state index contributed by atoms with van der Waals surface area (Å²) in [5, 5.41) is 0. The zero-order valence-electron chi connectivity index (χ0n) is 15.7. The van der Waals surface area contributed by atoms with E-state index in [4.69, 9.17) is 0 Å². The smallest absolute Gasteiger partial charge is 0.263 e. The standard InChI is InChI=1S/C20H30N2O2S/c1-4-21(5-2)20(24)18-13-16-12-15(6-7-17(16)25-18)19(23)22-10-8-14(3)9-11-22/h13-15H,4-12H2,1-3H3/t15-/m1/s1. The lowest BCUT2D eigenvalue weighted by Crippen LogP contribution is -2.42. The van der Waals surface area contributed by atoms with Crippen molar-refractivity contribution in [1.82, 2.24) is 9.80 Å². The molecular formula is C20H30N2O2S. The van der Waals surface area contributed by atoms with Crippen molar-refractivity contribution in [2.75, 3.05) is 26.2 Å². The van der Waals surface area contributed by atoms with E-state index in [-0.39, 0.29) is 11.8 Å². The Morgan fingerprint density at radius 2 is 1.88 bits per heavy atom. The summed E-state index contributed by atoms with van der Waals surface area (Å²) in [6.07, 6.45) is 4.93. The first-order valence-corrected chi connectivity index (χ1v) is 10.5. The summed E-state index contributed by atoms with van der Waals surface area (Å²) in [6.45, 7) is 9.62. The van der Waals surface area contributed by atoms with Crippen molar-refractivity contribution >= 4 is 23.2 Å². The van der Waals surface area contributed by atoms with Crippen LogP contribution in [0.1, 0.15) is 60.1 Å². The summed E-state index contributed by atoms with van der Waals surface area (Å²) < 4.78 is 0. The van der Waals surface area contributed by atoms with E-state index < -0.39 is 0 Å². The molecular weight excluding hydrogens is 332 g/mol. The van der Waals surface area contributed by atoms with E-state index in [0.717, 1.165) is 69.1 Å². The van der Waals surface area contributed by atoms with Crippen LogP contribution in [0.3, 0.4) is 0 Å². The number of likely N-dealkylation sites (tertiary alicyclic amines) is 1. The molecule has 0 saturated carbocycles. The number of amides is 2. The van der Waals surface area contributed by atoms with Crippen molar-refractivity contribution in [2.45, 2.75) is 52.9 Å². The maximum atomic E-state index is 12.9. The number of piperidine rings is 1. The summed E-state index contributed by atoms with van der Waals surface area (Å²) in [5.74, 6) is 1.32. The lowest BCUT2D eigenvalue weighted by atomic mass is 9.86. The van der Waals surface area contributed by atoms with Crippen LogP contribution in [0.15, 0.2) is 6.07 Å². The molecule has 2 heterocycles. The maximum absolute atomic E-state index is 12.9. The van der Waals surface area contributed by atoms with Gasteiger partial charge in [0.25, 0.3) is 5.91 Å². The highest BCUT2D eigenvalue weighted by Gasteiger charge is 2.31. The van der Waals surface area contributed by atoms with Crippen molar-refractivity contribution < 1.29 is 9.59 Å². The molecule has 138 valence electrons. The van der Waals surface area contributed by atoms with Gasteiger partial charge in [-0.25, -0.2) is 0 Å². The third-order valence-corrected chi connectivity index (χ3v) is 7.01. The average molecular weight is 363 g/mol. The first kappa shape index (κ1) is 18.4. The molecule has 1 aliphatic carbocycles. The fourth-order valence-electron chi connectivity index (χ4n) is 3.99. The summed E-state index contributed by atoms with van der Waals surface area (Å²) in [6, 6.07) is 2.05. The summed E-state index contributed by atoms with van der Waals surface area (Å²) in [5.41, 5.74) is 1.23. The van der Waals surface area contributed by atoms with Crippen LogP contribution in [0.25, 0.3) is 0 Å². The fraction of sp³-hybridized carbons (Fsp3) is 0.700. The molecule has 1 aromatic rings. The molecule has 4 nitrogen and oxygen atoms in total. The summed E-state index contributed by atoms with van der Waals surface area (Å²) >= 11 is 1.64. The maximum Gasteiger partial charge on any atom is 0.263 e. The highest BCUT2D eigenvalue weighted by molar-refractivity contribution is 7.14. The minimum atomic E-state index is 0.104. The van der Waals surface area contributed by atoms with E-state index in [1.54, 1.807) is 11.3 Å². The number of aryl methyl sites for hydroxylation is 1. The van der Waals surface area contributed by atoms with Crippen LogP contribution in [0.2, 0.25) is 0 Å². The van der Waals surface area contributed by atoms with Crippen LogP contribution in [-0.2, 0) is 17.6 Å². The molecule has 2 amide bonds. The topological polar surface area (TPSA) is 40.6 Å². The molecule has 3 rings (SSSR count). The molecule has 1 saturated heterocycles. The lowest BCUT2D eigenvalue weighted by Gasteiger charge is -2.34. The van der Waals surface area contributed by atoms with Crippen LogP contribution in [0, 0.1) is 11.8 Å². The van der Waals surface area contributed by atoms with Crippen molar-refractivity contribution in [3.8, 4) is 0 Å². The van der Waals surface area contributed by atoms with Gasteiger partial charge < -0.3 is 9.80 Å². The van der Waals surface area contributed by atoms with Crippen LogP contribution < -0.4 is 0 Å².